The molecule has 0 radical (unpaired) electrons. The summed E-state index contributed by atoms with van der Waals surface area (Å²) in [7, 11) is -17.8. The van der Waals surface area contributed by atoms with E-state index in [1.54, 1.807) is 0 Å². The lowest BCUT2D eigenvalue weighted by atomic mass is 10.5. The van der Waals surface area contributed by atoms with Crippen LogP contribution in [-0.2, 0) is 62.0 Å². The molecule has 3 aliphatic heterocycles. The van der Waals surface area contributed by atoms with E-state index in [1.165, 1.54) is 0 Å². The minimum absolute atomic E-state index is 0.223. The average molecular weight is 849 g/mol. The average Bonchev–Trinajstić information content (AvgIpc) is 4.00. The van der Waals surface area contributed by atoms with Crippen molar-refractivity contribution in [3.63, 3.8) is 0 Å². The van der Waals surface area contributed by atoms with E-state index in [0.717, 1.165) is 38.1 Å². The molecular formula is C32H72O14Si6. The zero-order chi connectivity index (χ0) is 38.2. The minimum Gasteiger partial charge on any atom is -0.416 e. The van der Waals surface area contributed by atoms with Crippen LogP contribution in [0.4, 0.5) is 0 Å². The first-order valence-electron chi connectivity index (χ1n) is 19.8. The molecule has 3 fully saturated rings. The molecule has 0 aromatic heterocycles. The van der Waals surface area contributed by atoms with E-state index >= 15 is 0 Å². The lowest BCUT2D eigenvalue weighted by molar-refractivity contribution is 0.0714. The smallest absolute Gasteiger partial charge is 0.416 e. The van der Waals surface area contributed by atoms with Gasteiger partial charge in [-0.1, -0.05) is 0 Å². The van der Waals surface area contributed by atoms with Gasteiger partial charge < -0.3 is 62.0 Å². The molecule has 0 aliphatic carbocycles. The van der Waals surface area contributed by atoms with Crippen LogP contribution in [-0.4, -0.2) is 143 Å². The van der Waals surface area contributed by atoms with E-state index in [4.69, 9.17) is 62.0 Å². The Hall–Kier alpha value is 0.741. The molecule has 0 aromatic rings. The Bertz CT molecular complexity index is 875. The largest absolute Gasteiger partial charge is 0.500 e. The summed E-state index contributed by atoms with van der Waals surface area (Å²) in [6, 6.07) is 3.93. The molecule has 0 saturated carbocycles. The summed E-state index contributed by atoms with van der Waals surface area (Å²) in [4.78, 5) is 0. The third-order valence-electron chi connectivity index (χ3n) is 8.93. The SMILES string of the molecule is CCO[Si](CC[Si]1(C)O[Si](C)(CCCOCC2CO2)O[Si](C)(CC[Si](OCC)(OCC)OCC)O[Si](C)(CCCOCC2CO2)O1)(OCC)OCC. The highest BCUT2D eigenvalue weighted by atomic mass is 28.5. The van der Waals surface area contributed by atoms with E-state index < -0.39 is 51.9 Å². The summed E-state index contributed by atoms with van der Waals surface area (Å²) in [6.45, 7) is 27.6. The Labute approximate surface area is 321 Å². The summed E-state index contributed by atoms with van der Waals surface area (Å²) in [5.74, 6) is 0. The number of ether oxygens (including phenoxy) is 4. The molecule has 308 valence electrons. The van der Waals surface area contributed by atoms with Crippen LogP contribution in [0.5, 0.6) is 0 Å². The Morgan fingerprint density at radius 2 is 0.731 bits per heavy atom. The molecule has 3 heterocycles. The number of hydrogen-bond donors (Lipinski definition) is 0. The van der Waals surface area contributed by atoms with Crippen LogP contribution in [0.2, 0.25) is 62.5 Å². The van der Waals surface area contributed by atoms with Crippen molar-refractivity contribution >= 4 is 51.9 Å². The maximum absolute atomic E-state index is 7.44. The fraction of sp³-hybridized carbons (Fsp3) is 1.00. The van der Waals surface area contributed by atoms with Crippen LogP contribution in [0.3, 0.4) is 0 Å². The summed E-state index contributed by atoms with van der Waals surface area (Å²) in [6.07, 6.45) is 2.04. The second-order valence-corrected chi connectivity index (χ2v) is 34.0. The van der Waals surface area contributed by atoms with E-state index in [9.17, 15) is 0 Å². The van der Waals surface area contributed by atoms with Crippen LogP contribution in [0, 0.1) is 0 Å². The van der Waals surface area contributed by atoms with Gasteiger partial charge in [-0.3, -0.25) is 0 Å². The number of rotatable bonds is 30. The van der Waals surface area contributed by atoms with Crippen molar-refractivity contribution in [1.29, 1.82) is 0 Å². The van der Waals surface area contributed by atoms with E-state index in [-0.39, 0.29) is 12.2 Å². The molecule has 14 nitrogen and oxygen atoms in total. The van der Waals surface area contributed by atoms with Crippen molar-refractivity contribution in [3.8, 4) is 0 Å². The predicted molar refractivity (Wildman–Crippen MR) is 211 cm³/mol. The van der Waals surface area contributed by atoms with E-state index in [2.05, 4.69) is 26.2 Å². The van der Waals surface area contributed by atoms with E-state index in [1.807, 2.05) is 41.5 Å². The third-order valence-corrected chi connectivity index (χ3v) is 34.7. The normalized spacial score (nSPS) is 31.0. The van der Waals surface area contributed by atoms with Crippen molar-refractivity contribution < 1.29 is 62.0 Å². The Morgan fingerprint density at radius 3 is 0.981 bits per heavy atom. The van der Waals surface area contributed by atoms with Gasteiger partial charge in [0.15, 0.2) is 0 Å². The number of epoxide rings is 2. The van der Waals surface area contributed by atoms with Gasteiger partial charge >= 0.3 is 51.9 Å². The molecular weight excluding hydrogens is 777 g/mol. The van der Waals surface area contributed by atoms with Gasteiger partial charge in [0.25, 0.3) is 0 Å². The van der Waals surface area contributed by atoms with Gasteiger partial charge in [-0.25, -0.2) is 0 Å². The maximum Gasteiger partial charge on any atom is 0.500 e. The molecule has 20 heteroatoms. The third kappa shape index (κ3) is 16.7. The van der Waals surface area contributed by atoms with Gasteiger partial charge in [0.05, 0.1) is 26.4 Å². The zero-order valence-electron chi connectivity index (χ0n) is 34.0. The monoisotopic (exact) mass is 848 g/mol. The van der Waals surface area contributed by atoms with Crippen molar-refractivity contribution in [3.05, 3.63) is 0 Å². The highest BCUT2D eigenvalue weighted by Gasteiger charge is 2.58. The Kier molecular flexibility index (Phi) is 20.5. The first-order chi connectivity index (χ1) is 24.8. The molecule has 2 atom stereocenters. The Morgan fingerprint density at radius 1 is 0.462 bits per heavy atom. The lowest BCUT2D eigenvalue weighted by Crippen LogP contribution is -2.68. The lowest BCUT2D eigenvalue weighted by Gasteiger charge is -2.51. The molecule has 3 rings (SSSR count). The highest BCUT2D eigenvalue weighted by molar-refractivity contribution is 6.94. The van der Waals surface area contributed by atoms with Crippen molar-refractivity contribution in [1.82, 2.24) is 0 Å². The number of hydrogen-bond acceptors (Lipinski definition) is 14. The van der Waals surface area contributed by atoms with Gasteiger partial charge in [-0.05, 0) is 105 Å². The molecule has 3 aliphatic rings. The molecule has 0 amide bonds. The topological polar surface area (TPSA) is 136 Å². The Balaban J connectivity index is 1.94. The van der Waals surface area contributed by atoms with Gasteiger partial charge in [0.2, 0.25) is 0 Å². The molecule has 0 bridgehead atoms. The fourth-order valence-corrected chi connectivity index (χ4v) is 38.5. The fourth-order valence-electron chi connectivity index (χ4n) is 6.83. The molecule has 0 N–H and O–H groups in total. The highest BCUT2D eigenvalue weighted by Crippen LogP contribution is 2.41. The quantitative estimate of drug-likeness (QED) is 0.0471. The first kappa shape index (κ1) is 47.1. The second-order valence-electron chi connectivity index (χ2n) is 14.2. The van der Waals surface area contributed by atoms with Gasteiger partial charge in [-0.15, -0.1) is 0 Å². The molecule has 0 aromatic carbocycles. The summed E-state index contributed by atoms with van der Waals surface area (Å²) < 4.78 is 90.1. The van der Waals surface area contributed by atoms with Crippen LogP contribution in [0.1, 0.15) is 54.4 Å². The summed E-state index contributed by atoms with van der Waals surface area (Å²) >= 11 is 0. The standard InChI is InChI=1S/C32H72O14Si6/c1-11-37-51(38-12-2,39-13-3)25-23-49(9)43-47(7,21-17-19-33-27-31-29-35-31)45-50(10,24-26-52(40-14-4,41-15-5)42-16-6)46-48(8,44-49)22-18-20-34-28-32-30-36-32/h31-32H,11-30H2,1-10H3. The van der Waals surface area contributed by atoms with Gasteiger partial charge in [0.1, 0.15) is 12.2 Å². The van der Waals surface area contributed by atoms with Crippen LogP contribution in [0.25, 0.3) is 0 Å². The first-order valence-corrected chi connectivity index (χ1v) is 33.7. The second kappa shape index (κ2) is 22.6. The summed E-state index contributed by atoms with van der Waals surface area (Å²) in [5, 5.41) is 0. The minimum atomic E-state index is -3.00. The van der Waals surface area contributed by atoms with Gasteiger partial charge in [0, 0.05) is 64.9 Å². The van der Waals surface area contributed by atoms with E-state index in [0.29, 0.717) is 90.2 Å². The molecule has 2 unspecified atom stereocenters. The summed E-state index contributed by atoms with van der Waals surface area (Å²) in [5.41, 5.74) is 0. The van der Waals surface area contributed by atoms with Crippen molar-refractivity contribution in [2.24, 2.45) is 0 Å². The molecule has 52 heavy (non-hydrogen) atoms. The predicted octanol–water partition coefficient (Wildman–Crippen LogP) is 6.06. The maximum atomic E-state index is 7.44. The van der Waals surface area contributed by atoms with Crippen LogP contribution >= 0.6 is 0 Å². The van der Waals surface area contributed by atoms with Crippen molar-refractivity contribution in [2.45, 2.75) is 129 Å². The van der Waals surface area contributed by atoms with Crippen LogP contribution in [0.15, 0.2) is 0 Å². The molecule has 0 spiro atoms. The van der Waals surface area contributed by atoms with Crippen LogP contribution < -0.4 is 0 Å². The van der Waals surface area contributed by atoms with Crippen molar-refractivity contribution in [2.75, 3.05) is 79.3 Å². The molecule has 3 saturated heterocycles. The zero-order valence-corrected chi connectivity index (χ0v) is 40.0. The van der Waals surface area contributed by atoms with Gasteiger partial charge in [-0.2, -0.15) is 0 Å².